The third kappa shape index (κ3) is 11.4. The van der Waals surface area contributed by atoms with E-state index in [9.17, 15) is 9.59 Å². The molecule has 0 atom stereocenters. The molecule has 13 heteroatoms. The lowest BCUT2D eigenvalue weighted by molar-refractivity contribution is -0.909. The molecule has 0 aliphatic carbocycles. The fraction of sp³-hybridized carbons (Fsp3) is 0.517. The number of likely N-dealkylation sites (N-methyl/N-ethyl adjacent to an activating group) is 1. The van der Waals surface area contributed by atoms with Crippen LogP contribution in [0.15, 0.2) is 36.4 Å². The SMILES string of the molecule is COC(=O)CCN1CCN(c2ccc(Cl)cc2Cl)CC1.COC(=O)CC[N+]1(C)CCN(c2ccc(Cl)cc2Cl)CC1.[I-]. The average molecular weight is 776 g/mol. The zero-order chi connectivity index (χ0) is 30.0. The number of halogens is 5. The minimum Gasteiger partial charge on any atom is -1.00 e. The Bertz CT molecular complexity index is 1180. The second-order valence-electron chi connectivity index (χ2n) is 10.4. The Morgan fingerprint density at radius 1 is 0.738 bits per heavy atom. The van der Waals surface area contributed by atoms with Gasteiger partial charge in [0.05, 0.1) is 88.3 Å². The standard InChI is InChI=1S/C15H21Cl2N2O2.C14H18Cl2N2O2.HI/c1-19(8-5-15(20)21-2)9-6-18(7-10-19)14-4-3-12(16)11-13(14)17;1-20-14(19)4-5-17-6-8-18(9-7-17)13-3-2-11(15)10-12(13)16;/h3-4,11H,5-10H2,1-2H3;2-3,10H,4-9H2,1H3;1H/q+1;;/p-1. The van der Waals surface area contributed by atoms with Crippen molar-refractivity contribution in [2.75, 3.05) is 96.5 Å². The number of ether oxygens (including phenoxy) is 2. The smallest absolute Gasteiger partial charge is 0.311 e. The Kier molecular flexibility index (Phi) is 15.8. The van der Waals surface area contributed by atoms with E-state index in [1.807, 2.05) is 24.3 Å². The van der Waals surface area contributed by atoms with Crippen molar-refractivity contribution < 1.29 is 47.5 Å². The Hall–Kier alpha value is -1.21. The molecule has 2 aliphatic rings. The molecular formula is C29H39Cl4IN4O4. The highest BCUT2D eigenvalue weighted by Gasteiger charge is 2.30. The van der Waals surface area contributed by atoms with E-state index in [-0.39, 0.29) is 35.9 Å². The second kappa shape index (κ2) is 17.9. The maximum Gasteiger partial charge on any atom is 0.311 e. The highest BCUT2D eigenvalue weighted by atomic mass is 127. The predicted octanol–water partition coefficient (Wildman–Crippen LogP) is 2.51. The molecule has 4 rings (SSSR count). The van der Waals surface area contributed by atoms with Crippen molar-refractivity contribution in [3.05, 3.63) is 56.5 Å². The van der Waals surface area contributed by atoms with Gasteiger partial charge in [0.2, 0.25) is 0 Å². The van der Waals surface area contributed by atoms with Crippen molar-refractivity contribution in [1.29, 1.82) is 0 Å². The molecular weight excluding hydrogens is 737 g/mol. The Balaban J connectivity index is 0.000000287. The molecule has 2 aromatic carbocycles. The van der Waals surface area contributed by atoms with Crippen LogP contribution < -0.4 is 33.8 Å². The monoisotopic (exact) mass is 774 g/mol. The minimum atomic E-state index is -0.159. The van der Waals surface area contributed by atoms with Crippen LogP contribution in [-0.4, -0.2) is 108 Å². The molecule has 2 saturated heterocycles. The minimum absolute atomic E-state index is 0. The van der Waals surface area contributed by atoms with Crippen molar-refractivity contribution in [1.82, 2.24) is 4.90 Å². The average Bonchev–Trinajstić information content (AvgIpc) is 2.96. The fourth-order valence-electron chi connectivity index (χ4n) is 4.91. The lowest BCUT2D eigenvalue weighted by atomic mass is 10.2. The molecule has 0 aromatic heterocycles. The number of benzene rings is 2. The van der Waals surface area contributed by atoms with E-state index in [0.29, 0.717) is 32.9 Å². The molecule has 0 radical (unpaired) electrons. The summed E-state index contributed by atoms with van der Waals surface area (Å²) in [6.07, 6.45) is 0.910. The lowest BCUT2D eigenvalue weighted by Gasteiger charge is -2.42. The molecule has 2 aliphatic heterocycles. The maximum atomic E-state index is 11.3. The predicted molar refractivity (Wildman–Crippen MR) is 168 cm³/mol. The number of piperazine rings is 2. The summed E-state index contributed by atoms with van der Waals surface area (Å²) in [6, 6.07) is 11.2. The largest absolute Gasteiger partial charge is 1.00 e. The van der Waals surface area contributed by atoms with Gasteiger partial charge in [-0.05, 0) is 36.4 Å². The first-order valence-corrected chi connectivity index (χ1v) is 15.1. The highest BCUT2D eigenvalue weighted by Crippen LogP contribution is 2.31. The third-order valence-corrected chi connectivity index (χ3v) is 8.71. The summed E-state index contributed by atoms with van der Waals surface area (Å²) in [6.45, 7) is 8.96. The van der Waals surface area contributed by atoms with Crippen LogP contribution in [0.25, 0.3) is 0 Å². The fourth-order valence-corrected chi connectivity index (χ4v) is 5.97. The normalized spacial score (nSPS) is 16.5. The van der Waals surface area contributed by atoms with Crippen LogP contribution in [0.4, 0.5) is 11.4 Å². The summed E-state index contributed by atoms with van der Waals surface area (Å²) in [7, 11) is 5.04. The lowest BCUT2D eigenvalue weighted by Crippen LogP contribution is -3.00. The van der Waals surface area contributed by atoms with Gasteiger partial charge >= 0.3 is 11.9 Å². The van der Waals surface area contributed by atoms with Crippen LogP contribution in [-0.2, 0) is 19.1 Å². The number of methoxy groups -OCH3 is 2. The number of hydrogen-bond acceptors (Lipinski definition) is 7. The molecule has 2 fully saturated rings. The van der Waals surface area contributed by atoms with Gasteiger partial charge in [-0.15, -0.1) is 0 Å². The molecule has 0 bridgehead atoms. The molecule has 0 saturated carbocycles. The topological polar surface area (TPSA) is 62.3 Å². The van der Waals surface area contributed by atoms with Gasteiger partial charge in [-0.25, -0.2) is 0 Å². The number of carbonyl (C=O) groups excluding carboxylic acids is 2. The maximum absolute atomic E-state index is 11.3. The summed E-state index contributed by atoms with van der Waals surface area (Å²) in [4.78, 5) is 29.2. The van der Waals surface area contributed by atoms with E-state index in [1.165, 1.54) is 14.2 Å². The molecule has 0 spiro atoms. The summed E-state index contributed by atoms with van der Waals surface area (Å²) in [5.41, 5.74) is 2.05. The Labute approximate surface area is 286 Å². The van der Waals surface area contributed by atoms with Gasteiger partial charge in [0, 0.05) is 42.8 Å². The van der Waals surface area contributed by atoms with Crippen LogP contribution in [0.5, 0.6) is 0 Å². The van der Waals surface area contributed by atoms with Gasteiger partial charge < -0.3 is 47.7 Å². The summed E-state index contributed by atoms with van der Waals surface area (Å²) < 4.78 is 10.3. The first-order valence-electron chi connectivity index (χ1n) is 13.6. The van der Waals surface area contributed by atoms with Crippen molar-refractivity contribution in [3.8, 4) is 0 Å². The number of rotatable bonds is 8. The van der Waals surface area contributed by atoms with E-state index >= 15 is 0 Å². The molecule has 8 nitrogen and oxygen atoms in total. The Morgan fingerprint density at radius 2 is 1.19 bits per heavy atom. The summed E-state index contributed by atoms with van der Waals surface area (Å²) >= 11 is 24.3. The molecule has 42 heavy (non-hydrogen) atoms. The van der Waals surface area contributed by atoms with Crippen molar-refractivity contribution >= 4 is 69.7 Å². The number of nitrogens with zero attached hydrogens (tertiary/aromatic N) is 4. The summed E-state index contributed by atoms with van der Waals surface area (Å²) in [5, 5.41) is 2.67. The molecule has 0 N–H and O–H groups in total. The van der Waals surface area contributed by atoms with E-state index in [0.717, 1.165) is 81.3 Å². The highest BCUT2D eigenvalue weighted by molar-refractivity contribution is 6.37. The zero-order valence-electron chi connectivity index (χ0n) is 24.3. The molecule has 234 valence electrons. The van der Waals surface area contributed by atoms with Gasteiger partial charge in [-0.1, -0.05) is 46.4 Å². The molecule has 2 aromatic rings. The van der Waals surface area contributed by atoms with Crippen molar-refractivity contribution in [3.63, 3.8) is 0 Å². The van der Waals surface area contributed by atoms with Crippen LogP contribution in [0.1, 0.15) is 12.8 Å². The van der Waals surface area contributed by atoms with Gasteiger partial charge in [0.15, 0.2) is 0 Å². The van der Waals surface area contributed by atoms with E-state index in [1.54, 1.807) is 12.1 Å². The number of quaternary nitrogens is 1. The van der Waals surface area contributed by atoms with Crippen molar-refractivity contribution in [2.24, 2.45) is 0 Å². The van der Waals surface area contributed by atoms with Gasteiger partial charge in [-0.2, -0.15) is 0 Å². The number of carbonyl (C=O) groups is 2. The second-order valence-corrected chi connectivity index (χ2v) is 12.1. The van der Waals surface area contributed by atoms with E-state index < -0.39 is 0 Å². The number of hydrogen-bond donors (Lipinski definition) is 0. The van der Waals surface area contributed by atoms with Gasteiger partial charge in [-0.3, -0.25) is 14.5 Å². The van der Waals surface area contributed by atoms with Crippen LogP contribution in [0, 0.1) is 0 Å². The van der Waals surface area contributed by atoms with Crippen LogP contribution in [0.3, 0.4) is 0 Å². The zero-order valence-corrected chi connectivity index (χ0v) is 29.4. The number of esters is 2. The molecule has 0 unspecified atom stereocenters. The third-order valence-electron chi connectivity index (χ3n) is 7.64. The number of anilines is 2. The van der Waals surface area contributed by atoms with E-state index in [2.05, 4.69) is 26.5 Å². The first kappa shape index (κ1) is 37.0. The Morgan fingerprint density at radius 3 is 1.64 bits per heavy atom. The van der Waals surface area contributed by atoms with Crippen molar-refractivity contribution in [2.45, 2.75) is 12.8 Å². The van der Waals surface area contributed by atoms with Crippen LogP contribution >= 0.6 is 46.4 Å². The summed E-state index contributed by atoms with van der Waals surface area (Å²) in [5.74, 6) is -0.300. The quantitative estimate of drug-likeness (QED) is 0.232. The van der Waals surface area contributed by atoms with Crippen LogP contribution in [0.2, 0.25) is 20.1 Å². The molecule has 0 amide bonds. The van der Waals surface area contributed by atoms with E-state index in [4.69, 9.17) is 51.1 Å². The molecule has 2 heterocycles. The first-order chi connectivity index (χ1) is 19.5. The van der Waals surface area contributed by atoms with Gasteiger partial charge in [0.1, 0.15) is 0 Å². The van der Waals surface area contributed by atoms with Gasteiger partial charge in [0.25, 0.3) is 0 Å².